The van der Waals surface area contributed by atoms with Crippen LogP contribution in [0.15, 0.2) is 18.7 Å². The zero-order chi connectivity index (χ0) is 14.3. The number of aromatic hydroxyl groups is 1. The van der Waals surface area contributed by atoms with Crippen LogP contribution in [0, 0.1) is 0 Å². The third-order valence-electron chi connectivity index (χ3n) is 2.51. The molecule has 0 aliphatic heterocycles. The standard InChI is InChI=1S/C15H22O4.2Na.2H/c1-5-9-11-12(16)10-13(17-6-2)15(19-8-4)14(11)18-7-3;;;;/h5,10,16H,1,6-9H2,2-4H3;;;;. The van der Waals surface area contributed by atoms with Gasteiger partial charge in [-0.2, -0.15) is 0 Å². The maximum atomic E-state index is 10.1. The van der Waals surface area contributed by atoms with E-state index >= 15 is 0 Å². The molecular weight excluding hydrogens is 290 g/mol. The second kappa shape index (κ2) is 12.7. The van der Waals surface area contributed by atoms with Crippen LogP contribution in [0.2, 0.25) is 0 Å². The van der Waals surface area contributed by atoms with E-state index in [0.717, 1.165) is 0 Å². The SMILES string of the molecule is C=CCc1c(O)cc(OCC)c(OCC)c1OCC.[NaH].[NaH]. The maximum absolute atomic E-state index is 10.1. The van der Waals surface area contributed by atoms with Gasteiger partial charge in [-0.3, -0.25) is 0 Å². The minimum absolute atomic E-state index is 0. The molecule has 21 heavy (non-hydrogen) atoms. The molecule has 0 atom stereocenters. The predicted molar refractivity (Wildman–Crippen MR) is 89.8 cm³/mol. The number of allylic oxidation sites excluding steroid dienone is 1. The number of hydrogen-bond acceptors (Lipinski definition) is 4. The Bertz CT molecular complexity index is 436. The van der Waals surface area contributed by atoms with Crippen molar-refractivity contribution in [2.75, 3.05) is 19.8 Å². The Morgan fingerprint density at radius 3 is 2.00 bits per heavy atom. The molecule has 1 rings (SSSR count). The van der Waals surface area contributed by atoms with E-state index in [2.05, 4.69) is 6.58 Å². The molecule has 0 saturated carbocycles. The van der Waals surface area contributed by atoms with Gasteiger partial charge >= 0.3 is 59.1 Å². The van der Waals surface area contributed by atoms with Gasteiger partial charge in [-0.1, -0.05) is 6.08 Å². The third kappa shape index (κ3) is 6.43. The Balaban J connectivity index is 0. The summed E-state index contributed by atoms with van der Waals surface area (Å²) in [6.45, 7) is 10.8. The van der Waals surface area contributed by atoms with Crippen LogP contribution in [0.4, 0.5) is 0 Å². The third-order valence-corrected chi connectivity index (χ3v) is 2.51. The summed E-state index contributed by atoms with van der Waals surface area (Å²) in [6.07, 6.45) is 2.22. The van der Waals surface area contributed by atoms with Gasteiger partial charge in [-0.25, -0.2) is 0 Å². The van der Waals surface area contributed by atoms with E-state index < -0.39 is 0 Å². The summed E-state index contributed by atoms with van der Waals surface area (Å²) in [4.78, 5) is 0. The summed E-state index contributed by atoms with van der Waals surface area (Å²) < 4.78 is 16.7. The van der Waals surface area contributed by atoms with E-state index in [1.807, 2.05) is 20.8 Å². The van der Waals surface area contributed by atoms with E-state index in [0.29, 0.717) is 49.1 Å². The summed E-state index contributed by atoms with van der Waals surface area (Å²) in [5.74, 6) is 1.71. The topological polar surface area (TPSA) is 47.9 Å². The molecule has 0 aromatic heterocycles. The Labute approximate surface area is 171 Å². The van der Waals surface area contributed by atoms with Crippen molar-refractivity contribution < 1.29 is 19.3 Å². The molecule has 0 fully saturated rings. The first-order valence-electron chi connectivity index (χ1n) is 6.57. The minimum atomic E-state index is 0. The molecule has 0 bridgehead atoms. The van der Waals surface area contributed by atoms with Crippen LogP contribution in [0.25, 0.3) is 0 Å². The van der Waals surface area contributed by atoms with Crippen LogP contribution in [0.5, 0.6) is 23.0 Å². The van der Waals surface area contributed by atoms with Gasteiger partial charge in [-0.05, 0) is 27.2 Å². The summed E-state index contributed by atoms with van der Waals surface area (Å²) in [7, 11) is 0. The summed E-state index contributed by atoms with van der Waals surface area (Å²) in [6, 6.07) is 1.57. The van der Waals surface area contributed by atoms with Crippen LogP contribution in [0.3, 0.4) is 0 Å². The molecule has 1 N–H and O–H groups in total. The van der Waals surface area contributed by atoms with Crippen LogP contribution in [-0.4, -0.2) is 84.0 Å². The first-order valence-corrected chi connectivity index (χ1v) is 6.57. The van der Waals surface area contributed by atoms with E-state index in [4.69, 9.17) is 14.2 Å². The van der Waals surface area contributed by atoms with Gasteiger partial charge in [0.2, 0.25) is 5.75 Å². The van der Waals surface area contributed by atoms with Crippen molar-refractivity contribution in [3.63, 3.8) is 0 Å². The zero-order valence-corrected chi connectivity index (χ0v) is 11.9. The fourth-order valence-corrected chi connectivity index (χ4v) is 1.82. The molecule has 4 nitrogen and oxygen atoms in total. The molecule has 0 aliphatic rings. The van der Waals surface area contributed by atoms with Crippen molar-refractivity contribution in [3.8, 4) is 23.0 Å². The van der Waals surface area contributed by atoms with Gasteiger partial charge in [0.05, 0.1) is 19.8 Å². The molecule has 0 aliphatic carbocycles. The number of rotatable bonds is 8. The van der Waals surface area contributed by atoms with E-state index in [1.165, 1.54) is 0 Å². The summed E-state index contributed by atoms with van der Waals surface area (Å²) in [5.41, 5.74) is 0.670. The number of phenolic OH excluding ortho intramolecular Hbond substituents is 1. The summed E-state index contributed by atoms with van der Waals surface area (Å²) in [5, 5.41) is 10.1. The molecule has 0 spiro atoms. The average Bonchev–Trinajstić information content (AvgIpc) is 2.38. The number of ether oxygens (including phenoxy) is 3. The Morgan fingerprint density at radius 1 is 1.00 bits per heavy atom. The monoisotopic (exact) mass is 314 g/mol. The molecule has 1 aromatic carbocycles. The average molecular weight is 314 g/mol. The molecule has 110 valence electrons. The van der Waals surface area contributed by atoms with Crippen molar-refractivity contribution in [1.29, 1.82) is 0 Å². The molecule has 0 heterocycles. The second-order valence-electron chi connectivity index (χ2n) is 3.82. The fourth-order valence-electron chi connectivity index (χ4n) is 1.82. The number of phenols is 1. The zero-order valence-electron chi connectivity index (χ0n) is 11.9. The van der Waals surface area contributed by atoms with Crippen molar-refractivity contribution in [3.05, 3.63) is 24.3 Å². The van der Waals surface area contributed by atoms with Crippen molar-refractivity contribution >= 4 is 59.1 Å². The quantitative estimate of drug-likeness (QED) is 0.589. The Morgan fingerprint density at radius 2 is 1.52 bits per heavy atom. The molecule has 0 saturated heterocycles. The normalized spacial score (nSPS) is 9.10. The fraction of sp³-hybridized carbons (Fsp3) is 0.467. The molecule has 0 unspecified atom stereocenters. The van der Waals surface area contributed by atoms with Gasteiger partial charge < -0.3 is 19.3 Å². The van der Waals surface area contributed by atoms with Crippen LogP contribution >= 0.6 is 0 Å². The van der Waals surface area contributed by atoms with Gasteiger partial charge in [0.25, 0.3) is 0 Å². The van der Waals surface area contributed by atoms with Crippen molar-refractivity contribution in [2.45, 2.75) is 27.2 Å². The van der Waals surface area contributed by atoms with E-state index in [1.54, 1.807) is 12.1 Å². The van der Waals surface area contributed by atoms with Crippen LogP contribution in [-0.2, 0) is 6.42 Å². The molecule has 1 aromatic rings. The molecule has 0 radical (unpaired) electrons. The van der Waals surface area contributed by atoms with Gasteiger partial charge in [0, 0.05) is 11.6 Å². The van der Waals surface area contributed by atoms with E-state index in [-0.39, 0.29) is 64.9 Å². The van der Waals surface area contributed by atoms with Gasteiger partial charge in [0.1, 0.15) is 5.75 Å². The first kappa shape index (κ1) is 23.4. The van der Waals surface area contributed by atoms with E-state index in [9.17, 15) is 5.11 Å². The van der Waals surface area contributed by atoms with Gasteiger partial charge in [0.15, 0.2) is 11.5 Å². The Kier molecular flexibility index (Phi) is 14.1. The molecule has 0 amide bonds. The first-order chi connectivity index (χ1) is 9.19. The molecule has 6 heteroatoms. The van der Waals surface area contributed by atoms with Gasteiger partial charge in [-0.15, -0.1) is 6.58 Å². The van der Waals surface area contributed by atoms with Crippen molar-refractivity contribution in [2.24, 2.45) is 0 Å². The van der Waals surface area contributed by atoms with Crippen LogP contribution < -0.4 is 14.2 Å². The Hall–Kier alpha value is 0.160. The summed E-state index contributed by atoms with van der Waals surface area (Å²) >= 11 is 0. The second-order valence-corrected chi connectivity index (χ2v) is 3.82. The molecular formula is C15H24Na2O4. The number of hydrogen-bond donors (Lipinski definition) is 1. The van der Waals surface area contributed by atoms with Crippen LogP contribution in [0.1, 0.15) is 26.3 Å². The predicted octanol–water partition coefficient (Wildman–Crippen LogP) is 2.02. The number of benzene rings is 1. The van der Waals surface area contributed by atoms with Crippen molar-refractivity contribution in [1.82, 2.24) is 0 Å².